The number of aromatic nitrogens is 1. The van der Waals surface area contributed by atoms with E-state index in [0.29, 0.717) is 17.1 Å². The average Bonchev–Trinajstić information content (AvgIpc) is 2.26. The second-order valence-electron chi connectivity index (χ2n) is 4.83. The van der Waals surface area contributed by atoms with E-state index in [1.807, 2.05) is 0 Å². The lowest BCUT2D eigenvalue weighted by Crippen LogP contribution is -2.40. The molecule has 1 aliphatic carbocycles. The minimum Gasteiger partial charge on any atom is -0.351 e. The van der Waals surface area contributed by atoms with Crippen LogP contribution in [-0.4, -0.2) is 17.4 Å². The van der Waals surface area contributed by atoms with Crippen molar-refractivity contribution in [1.29, 1.82) is 0 Å². The Morgan fingerprint density at radius 3 is 2.82 bits per heavy atom. The van der Waals surface area contributed by atoms with Crippen molar-refractivity contribution in [3.05, 3.63) is 28.0 Å². The number of hydrogen-bond acceptors (Lipinski definition) is 2. The summed E-state index contributed by atoms with van der Waals surface area (Å²) in [7, 11) is 0. The van der Waals surface area contributed by atoms with Crippen LogP contribution in [0, 0.1) is 5.41 Å². The molecule has 0 aromatic carbocycles. The Labute approximate surface area is 111 Å². The van der Waals surface area contributed by atoms with Gasteiger partial charge in [0.2, 0.25) is 0 Å². The van der Waals surface area contributed by atoms with Crippen molar-refractivity contribution in [2.24, 2.45) is 5.41 Å². The minimum atomic E-state index is -0.188. The number of halogens is 2. The number of pyridine rings is 1. The quantitative estimate of drug-likeness (QED) is 0.858. The van der Waals surface area contributed by atoms with E-state index in [0.717, 1.165) is 12.8 Å². The van der Waals surface area contributed by atoms with Gasteiger partial charge in [0.1, 0.15) is 5.15 Å². The fourth-order valence-corrected chi connectivity index (χ4v) is 2.28. The molecule has 1 amide bonds. The molecule has 1 heterocycles. The molecule has 1 aromatic rings. The summed E-state index contributed by atoms with van der Waals surface area (Å²) in [6, 6.07) is 1.49. The molecule has 0 bridgehead atoms. The van der Waals surface area contributed by atoms with Crippen LogP contribution in [-0.2, 0) is 0 Å². The molecule has 5 heteroatoms. The summed E-state index contributed by atoms with van der Waals surface area (Å²) in [5.41, 5.74) is 0.633. The smallest absolute Gasteiger partial charge is 0.252 e. The predicted molar refractivity (Wildman–Crippen MR) is 68.5 cm³/mol. The zero-order valence-corrected chi connectivity index (χ0v) is 11.1. The summed E-state index contributed by atoms with van der Waals surface area (Å²) in [6.07, 6.45) is 4.97. The molecule has 1 N–H and O–H groups in total. The van der Waals surface area contributed by atoms with Crippen molar-refractivity contribution >= 4 is 29.1 Å². The number of nitrogens with zero attached hydrogens (tertiary/aromatic N) is 1. The Kier molecular flexibility index (Phi) is 3.59. The first-order chi connectivity index (χ1) is 8.00. The number of nitrogens with one attached hydrogen (secondary N) is 1. The molecule has 0 atom stereocenters. The Morgan fingerprint density at radius 2 is 2.24 bits per heavy atom. The maximum atomic E-state index is 11.9. The van der Waals surface area contributed by atoms with Crippen LogP contribution in [0.3, 0.4) is 0 Å². The van der Waals surface area contributed by atoms with Crippen LogP contribution in [0.1, 0.15) is 36.5 Å². The maximum Gasteiger partial charge on any atom is 0.252 e. The summed E-state index contributed by atoms with van der Waals surface area (Å²) in [5, 5.41) is 3.50. The van der Waals surface area contributed by atoms with Crippen molar-refractivity contribution in [2.75, 3.05) is 6.54 Å². The summed E-state index contributed by atoms with van der Waals surface area (Å²) < 4.78 is 0. The third-order valence-electron chi connectivity index (χ3n) is 3.30. The molecule has 17 heavy (non-hydrogen) atoms. The van der Waals surface area contributed by atoms with Gasteiger partial charge in [-0.05, 0) is 24.3 Å². The normalized spacial score (nSPS) is 17.4. The number of hydrogen-bond donors (Lipinski definition) is 1. The van der Waals surface area contributed by atoms with Gasteiger partial charge in [-0.25, -0.2) is 4.98 Å². The Bertz CT molecular complexity index is 444. The summed E-state index contributed by atoms with van der Waals surface area (Å²) in [5.74, 6) is -0.188. The van der Waals surface area contributed by atoms with Crippen LogP contribution in [0.4, 0.5) is 0 Å². The summed E-state index contributed by atoms with van der Waals surface area (Å²) in [4.78, 5) is 15.7. The van der Waals surface area contributed by atoms with E-state index in [1.165, 1.54) is 18.7 Å². The fourth-order valence-electron chi connectivity index (χ4n) is 1.93. The van der Waals surface area contributed by atoms with E-state index in [9.17, 15) is 4.79 Å². The average molecular weight is 273 g/mol. The van der Waals surface area contributed by atoms with E-state index in [2.05, 4.69) is 17.2 Å². The van der Waals surface area contributed by atoms with Gasteiger partial charge in [0.15, 0.2) is 0 Å². The van der Waals surface area contributed by atoms with E-state index in [1.54, 1.807) is 0 Å². The molecule has 3 nitrogen and oxygen atoms in total. The lowest BCUT2D eigenvalue weighted by molar-refractivity contribution is 0.0891. The molecule has 0 aliphatic heterocycles. The van der Waals surface area contributed by atoms with Crippen LogP contribution in [0.25, 0.3) is 0 Å². The Hall–Kier alpha value is -0.800. The topological polar surface area (TPSA) is 42.0 Å². The molecule has 0 unspecified atom stereocenters. The second kappa shape index (κ2) is 4.83. The van der Waals surface area contributed by atoms with Crippen LogP contribution in [0.2, 0.25) is 10.2 Å². The van der Waals surface area contributed by atoms with Crippen LogP contribution in [0.5, 0.6) is 0 Å². The zero-order chi connectivity index (χ0) is 12.5. The molecule has 0 spiro atoms. The Morgan fingerprint density at radius 1 is 1.53 bits per heavy atom. The molecule has 0 radical (unpaired) electrons. The van der Waals surface area contributed by atoms with Gasteiger partial charge in [-0.3, -0.25) is 4.79 Å². The van der Waals surface area contributed by atoms with E-state index in [4.69, 9.17) is 23.2 Å². The van der Waals surface area contributed by atoms with Gasteiger partial charge in [-0.2, -0.15) is 0 Å². The number of amides is 1. The molecule has 1 saturated carbocycles. The first-order valence-corrected chi connectivity index (χ1v) is 6.35. The van der Waals surface area contributed by atoms with Crippen molar-refractivity contribution in [1.82, 2.24) is 10.3 Å². The highest BCUT2D eigenvalue weighted by Crippen LogP contribution is 2.39. The van der Waals surface area contributed by atoms with Gasteiger partial charge < -0.3 is 5.32 Å². The molecule has 2 rings (SSSR count). The molecule has 0 saturated heterocycles. The first-order valence-electron chi connectivity index (χ1n) is 5.59. The number of rotatable bonds is 3. The number of carbonyl (C=O) groups excluding carboxylic acids is 1. The highest BCUT2D eigenvalue weighted by atomic mass is 35.5. The van der Waals surface area contributed by atoms with Gasteiger partial charge in [0, 0.05) is 12.7 Å². The molecule has 92 valence electrons. The summed E-state index contributed by atoms with van der Waals surface area (Å²) in [6.45, 7) is 2.86. The molecular formula is C12H14Cl2N2O. The zero-order valence-electron chi connectivity index (χ0n) is 9.59. The monoisotopic (exact) mass is 272 g/mol. The van der Waals surface area contributed by atoms with Gasteiger partial charge in [-0.15, -0.1) is 0 Å². The van der Waals surface area contributed by atoms with Crippen molar-refractivity contribution in [2.45, 2.75) is 26.2 Å². The lowest BCUT2D eigenvalue weighted by Gasteiger charge is -2.38. The number of carbonyl (C=O) groups is 1. The van der Waals surface area contributed by atoms with Crippen molar-refractivity contribution in [3.63, 3.8) is 0 Å². The molecular weight excluding hydrogens is 259 g/mol. The molecule has 1 aromatic heterocycles. The third-order valence-corrected chi connectivity index (χ3v) is 3.81. The van der Waals surface area contributed by atoms with Crippen molar-refractivity contribution in [3.8, 4) is 0 Å². The summed E-state index contributed by atoms with van der Waals surface area (Å²) >= 11 is 11.6. The highest BCUT2D eigenvalue weighted by molar-refractivity contribution is 6.35. The predicted octanol–water partition coefficient (Wildman–Crippen LogP) is 3.31. The Balaban J connectivity index is 2.01. The lowest BCUT2D eigenvalue weighted by atomic mass is 9.70. The van der Waals surface area contributed by atoms with E-state index < -0.39 is 0 Å². The highest BCUT2D eigenvalue weighted by Gasteiger charge is 2.32. The van der Waals surface area contributed by atoms with Crippen LogP contribution < -0.4 is 5.32 Å². The largest absolute Gasteiger partial charge is 0.351 e. The van der Waals surface area contributed by atoms with Gasteiger partial charge in [0.05, 0.1) is 10.6 Å². The van der Waals surface area contributed by atoms with Crippen molar-refractivity contribution < 1.29 is 4.79 Å². The molecule has 1 aliphatic rings. The first kappa shape index (κ1) is 12.7. The van der Waals surface area contributed by atoms with Gasteiger partial charge in [0.25, 0.3) is 5.91 Å². The fraction of sp³-hybridized carbons (Fsp3) is 0.500. The second-order valence-corrected chi connectivity index (χ2v) is 5.63. The minimum absolute atomic E-state index is 0.188. The SMILES string of the molecule is CC1(CNC(=O)c2cc(Cl)ncc2Cl)CCC1. The van der Waals surface area contributed by atoms with Gasteiger partial charge >= 0.3 is 0 Å². The van der Waals surface area contributed by atoms with Gasteiger partial charge in [-0.1, -0.05) is 36.5 Å². The van der Waals surface area contributed by atoms with E-state index in [-0.39, 0.29) is 16.5 Å². The van der Waals surface area contributed by atoms with Crippen LogP contribution in [0.15, 0.2) is 12.3 Å². The van der Waals surface area contributed by atoms with E-state index >= 15 is 0 Å². The maximum absolute atomic E-state index is 11.9. The standard InChI is InChI=1S/C12H14Cl2N2O/c1-12(3-2-4-12)7-16-11(17)8-5-10(14)15-6-9(8)13/h5-6H,2-4,7H2,1H3,(H,16,17). The molecule has 1 fully saturated rings. The van der Waals surface area contributed by atoms with Crippen LogP contribution >= 0.6 is 23.2 Å². The third kappa shape index (κ3) is 2.90.